The quantitative estimate of drug-likeness (QED) is 0.926. The van der Waals surface area contributed by atoms with Gasteiger partial charge in [-0.25, -0.2) is 13.1 Å². The van der Waals surface area contributed by atoms with Gasteiger partial charge in [0.2, 0.25) is 10.0 Å². The SMILES string of the molecule is CCn1ncc(S(=O)(=O)NC23CC4CC(CC(C4)C2)C3)c1C. The van der Waals surface area contributed by atoms with Crippen LogP contribution in [0.3, 0.4) is 0 Å². The van der Waals surface area contributed by atoms with E-state index in [9.17, 15) is 8.42 Å². The van der Waals surface area contributed by atoms with Gasteiger partial charge in [0.25, 0.3) is 0 Å². The summed E-state index contributed by atoms with van der Waals surface area (Å²) in [5, 5.41) is 4.19. The Morgan fingerprint density at radius 2 is 1.77 bits per heavy atom. The van der Waals surface area contributed by atoms with Crippen LogP contribution in [0.5, 0.6) is 0 Å². The molecule has 0 saturated heterocycles. The lowest BCUT2D eigenvalue weighted by Crippen LogP contribution is -2.59. The fourth-order valence-corrected chi connectivity index (χ4v) is 7.20. The highest BCUT2D eigenvalue weighted by Gasteiger charge is 2.52. The van der Waals surface area contributed by atoms with Crippen molar-refractivity contribution in [2.75, 3.05) is 0 Å². The first-order valence-corrected chi connectivity index (χ1v) is 9.95. The average molecular weight is 323 g/mol. The molecule has 0 spiro atoms. The average Bonchev–Trinajstić information content (AvgIpc) is 2.77. The number of nitrogens with zero attached hydrogens (tertiary/aromatic N) is 2. The number of aromatic nitrogens is 2. The maximum atomic E-state index is 12.9. The molecule has 0 aromatic carbocycles. The van der Waals surface area contributed by atoms with Gasteiger partial charge in [-0.15, -0.1) is 0 Å². The molecule has 4 fully saturated rings. The van der Waals surface area contributed by atoms with E-state index in [0.717, 1.165) is 42.7 Å². The third kappa shape index (κ3) is 2.22. The van der Waals surface area contributed by atoms with E-state index in [0.29, 0.717) is 11.4 Å². The molecule has 0 amide bonds. The Bertz CT molecular complexity index is 657. The van der Waals surface area contributed by atoms with Gasteiger partial charge < -0.3 is 0 Å². The van der Waals surface area contributed by atoms with Crippen molar-refractivity contribution in [3.8, 4) is 0 Å². The Morgan fingerprint density at radius 3 is 2.23 bits per heavy atom. The molecule has 4 saturated carbocycles. The van der Waals surface area contributed by atoms with Crippen molar-refractivity contribution in [3.05, 3.63) is 11.9 Å². The summed E-state index contributed by atoms with van der Waals surface area (Å²) in [7, 11) is -3.48. The van der Waals surface area contributed by atoms with Crippen molar-refractivity contribution in [1.29, 1.82) is 0 Å². The summed E-state index contributed by atoms with van der Waals surface area (Å²) in [6, 6.07) is 0. The first-order chi connectivity index (χ1) is 10.4. The lowest BCUT2D eigenvalue weighted by Gasteiger charge is -2.56. The monoisotopic (exact) mass is 323 g/mol. The second kappa shape index (κ2) is 4.81. The van der Waals surface area contributed by atoms with Crippen LogP contribution in [-0.2, 0) is 16.6 Å². The zero-order chi connectivity index (χ0) is 15.5. The predicted octanol–water partition coefficient (Wildman–Crippen LogP) is 2.46. The minimum atomic E-state index is -3.48. The van der Waals surface area contributed by atoms with E-state index in [4.69, 9.17) is 0 Å². The summed E-state index contributed by atoms with van der Waals surface area (Å²) in [5.74, 6) is 2.19. The van der Waals surface area contributed by atoms with E-state index in [1.165, 1.54) is 25.5 Å². The highest BCUT2D eigenvalue weighted by atomic mass is 32.2. The maximum absolute atomic E-state index is 12.9. The Balaban J connectivity index is 1.63. The number of rotatable bonds is 4. The molecule has 22 heavy (non-hydrogen) atoms. The fourth-order valence-electron chi connectivity index (χ4n) is 5.59. The van der Waals surface area contributed by atoms with Crippen molar-refractivity contribution >= 4 is 10.0 Å². The maximum Gasteiger partial charge on any atom is 0.244 e. The van der Waals surface area contributed by atoms with Crippen LogP contribution in [0.1, 0.15) is 51.1 Å². The minimum Gasteiger partial charge on any atom is -0.269 e. The summed E-state index contributed by atoms with van der Waals surface area (Å²) in [6.07, 6.45) is 8.52. The van der Waals surface area contributed by atoms with Crippen LogP contribution < -0.4 is 4.72 Å². The van der Waals surface area contributed by atoms with E-state index in [1.807, 2.05) is 13.8 Å². The van der Waals surface area contributed by atoms with E-state index in [-0.39, 0.29) is 5.54 Å². The van der Waals surface area contributed by atoms with E-state index < -0.39 is 10.0 Å². The molecule has 0 radical (unpaired) electrons. The lowest BCUT2D eigenvalue weighted by atomic mass is 9.53. The zero-order valence-corrected chi connectivity index (χ0v) is 14.2. The molecule has 1 N–H and O–H groups in total. The van der Waals surface area contributed by atoms with Gasteiger partial charge in [-0.2, -0.15) is 5.10 Å². The summed E-state index contributed by atoms with van der Waals surface area (Å²) < 4.78 is 30.7. The summed E-state index contributed by atoms with van der Waals surface area (Å²) in [5.41, 5.74) is 0.550. The normalized spacial score (nSPS) is 36.9. The highest BCUT2D eigenvalue weighted by molar-refractivity contribution is 7.89. The van der Waals surface area contributed by atoms with Crippen molar-refractivity contribution in [2.45, 2.75) is 69.4 Å². The van der Waals surface area contributed by atoms with Crippen molar-refractivity contribution < 1.29 is 8.42 Å². The van der Waals surface area contributed by atoms with Crippen LogP contribution in [0.15, 0.2) is 11.1 Å². The minimum absolute atomic E-state index is 0.186. The Kier molecular flexibility index (Phi) is 3.21. The zero-order valence-electron chi connectivity index (χ0n) is 13.4. The summed E-state index contributed by atoms with van der Waals surface area (Å²) in [6.45, 7) is 4.51. The van der Waals surface area contributed by atoms with E-state index in [1.54, 1.807) is 4.68 Å². The van der Waals surface area contributed by atoms with Crippen molar-refractivity contribution in [2.24, 2.45) is 17.8 Å². The van der Waals surface area contributed by atoms with Crippen LogP contribution in [0.4, 0.5) is 0 Å². The third-order valence-corrected chi connectivity index (χ3v) is 7.72. The molecular formula is C16H25N3O2S. The van der Waals surface area contributed by atoms with Crippen LogP contribution in [0, 0.1) is 24.7 Å². The summed E-state index contributed by atoms with van der Waals surface area (Å²) >= 11 is 0. The first kappa shape index (κ1) is 14.7. The Morgan fingerprint density at radius 1 is 1.23 bits per heavy atom. The first-order valence-electron chi connectivity index (χ1n) is 8.47. The van der Waals surface area contributed by atoms with Gasteiger partial charge in [0, 0.05) is 12.1 Å². The summed E-state index contributed by atoms with van der Waals surface area (Å²) in [4.78, 5) is 0.352. The van der Waals surface area contributed by atoms with Crippen LogP contribution >= 0.6 is 0 Å². The molecule has 0 aliphatic heterocycles. The number of hydrogen-bond acceptors (Lipinski definition) is 3. The molecule has 4 aliphatic carbocycles. The molecule has 5 rings (SSSR count). The molecule has 0 atom stereocenters. The number of nitrogens with one attached hydrogen (secondary N) is 1. The number of aryl methyl sites for hydroxylation is 1. The second-order valence-corrected chi connectivity index (χ2v) is 9.36. The van der Waals surface area contributed by atoms with Crippen LogP contribution in [0.25, 0.3) is 0 Å². The van der Waals surface area contributed by atoms with Gasteiger partial charge in [-0.1, -0.05) is 0 Å². The van der Waals surface area contributed by atoms with E-state index in [2.05, 4.69) is 9.82 Å². The molecule has 4 aliphatic rings. The molecule has 6 heteroatoms. The third-order valence-electron chi connectivity index (χ3n) is 6.04. The van der Waals surface area contributed by atoms with Crippen LogP contribution in [0.2, 0.25) is 0 Å². The molecule has 5 nitrogen and oxygen atoms in total. The Labute approximate surface area is 132 Å². The molecule has 1 aromatic heterocycles. The molecule has 4 bridgehead atoms. The lowest BCUT2D eigenvalue weighted by molar-refractivity contribution is -0.00810. The van der Waals surface area contributed by atoms with E-state index >= 15 is 0 Å². The number of sulfonamides is 1. The second-order valence-electron chi connectivity index (χ2n) is 7.71. The van der Waals surface area contributed by atoms with Crippen LogP contribution in [-0.4, -0.2) is 23.7 Å². The highest BCUT2D eigenvalue weighted by Crippen LogP contribution is 2.55. The largest absolute Gasteiger partial charge is 0.269 e. The van der Waals surface area contributed by atoms with Crippen molar-refractivity contribution in [3.63, 3.8) is 0 Å². The fraction of sp³-hybridized carbons (Fsp3) is 0.812. The number of hydrogen-bond donors (Lipinski definition) is 1. The molecule has 1 aromatic rings. The predicted molar refractivity (Wildman–Crippen MR) is 83.9 cm³/mol. The molecule has 122 valence electrons. The smallest absolute Gasteiger partial charge is 0.244 e. The molecule has 1 heterocycles. The topological polar surface area (TPSA) is 64.0 Å². The van der Waals surface area contributed by atoms with Gasteiger partial charge in [0.15, 0.2) is 0 Å². The van der Waals surface area contributed by atoms with Gasteiger partial charge >= 0.3 is 0 Å². The molecular weight excluding hydrogens is 298 g/mol. The van der Waals surface area contributed by atoms with Crippen molar-refractivity contribution in [1.82, 2.24) is 14.5 Å². The van der Waals surface area contributed by atoms with Gasteiger partial charge in [0.05, 0.1) is 11.9 Å². The molecule has 0 unspecified atom stereocenters. The standard InChI is InChI=1S/C16H25N3O2S/c1-3-19-11(2)15(10-17-19)22(20,21)18-16-7-12-4-13(8-16)6-14(5-12)9-16/h10,12-14,18H,3-9H2,1-2H3. The van der Waals surface area contributed by atoms with Gasteiger partial charge in [-0.05, 0) is 70.1 Å². The Hall–Kier alpha value is -0.880. The van der Waals surface area contributed by atoms with Gasteiger partial charge in [-0.3, -0.25) is 4.68 Å². The van der Waals surface area contributed by atoms with Gasteiger partial charge in [0.1, 0.15) is 4.90 Å².